The number of thiophene rings is 1. The van der Waals surface area contributed by atoms with Gasteiger partial charge in [-0.2, -0.15) is 0 Å². The van der Waals surface area contributed by atoms with Crippen molar-refractivity contribution in [3.63, 3.8) is 0 Å². The molecular weight excluding hydrogens is 354 g/mol. The van der Waals surface area contributed by atoms with Crippen molar-refractivity contribution in [2.45, 2.75) is 32.6 Å². The van der Waals surface area contributed by atoms with E-state index in [9.17, 15) is 9.59 Å². The molecule has 0 saturated carbocycles. The van der Waals surface area contributed by atoms with Gasteiger partial charge < -0.3 is 19.5 Å². The number of anilines is 1. The Labute approximate surface area is 155 Å². The lowest BCUT2D eigenvalue weighted by molar-refractivity contribution is 0.0303. The highest BCUT2D eigenvalue weighted by Crippen LogP contribution is 2.39. The molecule has 0 atom stereocenters. The molecule has 0 spiro atoms. The lowest BCUT2D eigenvalue weighted by Gasteiger charge is -2.27. The van der Waals surface area contributed by atoms with Gasteiger partial charge in [-0.25, -0.2) is 0 Å². The van der Waals surface area contributed by atoms with Crippen LogP contribution < -0.4 is 5.32 Å². The van der Waals surface area contributed by atoms with Crippen LogP contribution in [0.4, 0.5) is 5.00 Å². The highest BCUT2D eigenvalue weighted by atomic mass is 32.1. The number of amides is 2. The number of morpholine rings is 1. The predicted octanol–water partition coefficient (Wildman–Crippen LogP) is 2.65. The minimum absolute atomic E-state index is 0.0145. The zero-order valence-corrected chi connectivity index (χ0v) is 15.5. The molecule has 1 aliphatic heterocycles. The summed E-state index contributed by atoms with van der Waals surface area (Å²) < 4.78 is 10.3. The van der Waals surface area contributed by atoms with Crippen molar-refractivity contribution in [1.82, 2.24) is 10.1 Å². The van der Waals surface area contributed by atoms with E-state index in [0.29, 0.717) is 42.6 Å². The summed E-state index contributed by atoms with van der Waals surface area (Å²) >= 11 is 1.51. The molecule has 4 rings (SSSR count). The molecule has 2 aliphatic rings. The summed E-state index contributed by atoms with van der Waals surface area (Å²) in [4.78, 5) is 28.7. The van der Waals surface area contributed by atoms with Crippen LogP contribution in [0.25, 0.3) is 0 Å². The minimum atomic E-state index is -0.350. The third kappa shape index (κ3) is 3.26. The number of fused-ring (bicyclic) bond motifs is 1. The fourth-order valence-electron chi connectivity index (χ4n) is 3.45. The second-order valence-corrected chi connectivity index (χ2v) is 7.70. The maximum Gasteiger partial charge on any atom is 0.278 e. The number of rotatable bonds is 3. The van der Waals surface area contributed by atoms with Gasteiger partial charge in [-0.05, 0) is 38.2 Å². The van der Waals surface area contributed by atoms with Gasteiger partial charge in [0.2, 0.25) is 0 Å². The molecule has 1 N–H and O–H groups in total. The van der Waals surface area contributed by atoms with E-state index >= 15 is 0 Å². The number of aromatic nitrogens is 1. The van der Waals surface area contributed by atoms with Crippen molar-refractivity contribution < 1.29 is 18.8 Å². The van der Waals surface area contributed by atoms with Gasteiger partial charge in [0.15, 0.2) is 5.69 Å². The fourth-order valence-corrected chi connectivity index (χ4v) is 4.72. The SMILES string of the molecule is Cc1cc(C(=O)Nc2sc3c(c2C(=O)N2CCOCC2)CCCC3)no1. The van der Waals surface area contributed by atoms with Crippen molar-refractivity contribution in [2.24, 2.45) is 0 Å². The summed E-state index contributed by atoms with van der Waals surface area (Å²) in [5.74, 6) is 0.209. The highest BCUT2D eigenvalue weighted by molar-refractivity contribution is 7.17. The Kier molecular flexibility index (Phi) is 4.78. The predicted molar refractivity (Wildman–Crippen MR) is 96.9 cm³/mol. The van der Waals surface area contributed by atoms with E-state index in [1.54, 1.807) is 13.0 Å². The summed E-state index contributed by atoms with van der Waals surface area (Å²) in [5.41, 5.74) is 1.98. The van der Waals surface area contributed by atoms with Crippen LogP contribution in [0.2, 0.25) is 0 Å². The molecular formula is C18H21N3O4S. The largest absolute Gasteiger partial charge is 0.378 e. The number of carbonyl (C=O) groups excluding carboxylic acids is 2. The molecule has 0 bridgehead atoms. The van der Waals surface area contributed by atoms with Gasteiger partial charge in [0.25, 0.3) is 11.8 Å². The Morgan fingerprint density at radius 2 is 2.00 bits per heavy atom. The molecule has 0 radical (unpaired) electrons. The molecule has 138 valence electrons. The lowest BCUT2D eigenvalue weighted by atomic mass is 9.95. The number of carbonyl (C=O) groups is 2. The van der Waals surface area contributed by atoms with Crippen LogP contribution in [0.1, 0.15) is 49.9 Å². The van der Waals surface area contributed by atoms with E-state index in [2.05, 4.69) is 10.5 Å². The third-order valence-corrected chi connectivity index (χ3v) is 5.98. The number of nitrogens with one attached hydrogen (secondary N) is 1. The molecule has 2 aromatic heterocycles. The third-order valence-electron chi connectivity index (χ3n) is 4.77. The Morgan fingerprint density at radius 1 is 1.23 bits per heavy atom. The average Bonchev–Trinajstić information content (AvgIpc) is 3.25. The van der Waals surface area contributed by atoms with Gasteiger partial charge in [0.05, 0.1) is 18.8 Å². The second kappa shape index (κ2) is 7.20. The Balaban J connectivity index is 1.66. The van der Waals surface area contributed by atoms with Gasteiger partial charge in [0, 0.05) is 24.0 Å². The van der Waals surface area contributed by atoms with Crippen molar-refractivity contribution in [2.75, 3.05) is 31.6 Å². The molecule has 7 nitrogen and oxygen atoms in total. The number of ether oxygens (including phenoxy) is 1. The van der Waals surface area contributed by atoms with E-state index in [-0.39, 0.29) is 17.5 Å². The molecule has 1 saturated heterocycles. The lowest BCUT2D eigenvalue weighted by Crippen LogP contribution is -2.41. The van der Waals surface area contributed by atoms with Gasteiger partial charge in [-0.15, -0.1) is 11.3 Å². The Bertz CT molecular complexity index is 836. The van der Waals surface area contributed by atoms with E-state index in [1.807, 2.05) is 4.90 Å². The van der Waals surface area contributed by atoms with E-state index in [4.69, 9.17) is 9.26 Å². The van der Waals surface area contributed by atoms with Crippen molar-refractivity contribution >= 4 is 28.2 Å². The topological polar surface area (TPSA) is 84.7 Å². The molecule has 1 aliphatic carbocycles. The monoisotopic (exact) mass is 375 g/mol. The molecule has 8 heteroatoms. The zero-order chi connectivity index (χ0) is 18.1. The number of nitrogens with zero attached hydrogens (tertiary/aromatic N) is 2. The fraction of sp³-hybridized carbons (Fsp3) is 0.500. The summed E-state index contributed by atoms with van der Waals surface area (Å²) in [6.45, 7) is 4.01. The summed E-state index contributed by atoms with van der Waals surface area (Å²) in [6, 6.07) is 1.59. The van der Waals surface area contributed by atoms with Crippen LogP contribution in [-0.2, 0) is 17.6 Å². The summed E-state index contributed by atoms with van der Waals surface area (Å²) in [7, 11) is 0. The van der Waals surface area contributed by atoms with Crippen LogP contribution in [-0.4, -0.2) is 48.2 Å². The van der Waals surface area contributed by atoms with Crippen molar-refractivity contribution in [1.29, 1.82) is 0 Å². The Hall–Kier alpha value is -2.19. The molecule has 0 unspecified atom stereocenters. The maximum atomic E-state index is 13.2. The number of hydrogen-bond acceptors (Lipinski definition) is 6. The van der Waals surface area contributed by atoms with E-state index in [1.165, 1.54) is 16.2 Å². The van der Waals surface area contributed by atoms with Crippen LogP contribution >= 0.6 is 11.3 Å². The second-order valence-electron chi connectivity index (χ2n) is 6.60. The van der Waals surface area contributed by atoms with Gasteiger partial charge in [-0.1, -0.05) is 5.16 Å². The first-order valence-corrected chi connectivity index (χ1v) is 9.71. The molecule has 1 fully saturated rings. The Morgan fingerprint density at radius 3 is 2.73 bits per heavy atom. The van der Waals surface area contributed by atoms with Crippen LogP contribution in [0, 0.1) is 6.92 Å². The molecule has 3 heterocycles. The highest BCUT2D eigenvalue weighted by Gasteiger charge is 2.30. The number of hydrogen-bond donors (Lipinski definition) is 1. The van der Waals surface area contributed by atoms with Crippen molar-refractivity contribution in [3.8, 4) is 0 Å². The smallest absolute Gasteiger partial charge is 0.278 e. The van der Waals surface area contributed by atoms with E-state index < -0.39 is 0 Å². The first-order chi connectivity index (χ1) is 12.6. The molecule has 2 amide bonds. The van der Waals surface area contributed by atoms with Crippen LogP contribution in [0.3, 0.4) is 0 Å². The molecule has 26 heavy (non-hydrogen) atoms. The maximum absolute atomic E-state index is 13.2. The number of aryl methyl sites for hydroxylation is 2. The standard InChI is InChI=1S/C18H21N3O4S/c1-11-10-13(20-25-11)16(22)19-17-15(12-4-2-3-5-14(12)26-17)18(23)21-6-8-24-9-7-21/h10H,2-9H2,1H3,(H,19,22). The van der Waals surface area contributed by atoms with Gasteiger partial charge >= 0.3 is 0 Å². The van der Waals surface area contributed by atoms with Crippen LogP contribution in [0.5, 0.6) is 0 Å². The van der Waals surface area contributed by atoms with Crippen LogP contribution in [0.15, 0.2) is 10.6 Å². The van der Waals surface area contributed by atoms with E-state index in [0.717, 1.165) is 31.2 Å². The molecule has 0 aromatic carbocycles. The van der Waals surface area contributed by atoms with Crippen molar-refractivity contribution in [3.05, 3.63) is 33.5 Å². The minimum Gasteiger partial charge on any atom is -0.378 e. The first-order valence-electron chi connectivity index (χ1n) is 8.89. The first kappa shape index (κ1) is 17.2. The summed E-state index contributed by atoms with van der Waals surface area (Å²) in [5, 5.41) is 7.28. The van der Waals surface area contributed by atoms with Gasteiger partial charge in [-0.3, -0.25) is 9.59 Å². The quantitative estimate of drug-likeness (QED) is 0.891. The zero-order valence-electron chi connectivity index (χ0n) is 14.7. The average molecular weight is 375 g/mol. The molecule has 2 aromatic rings. The normalized spacial score (nSPS) is 17.0. The summed E-state index contributed by atoms with van der Waals surface area (Å²) in [6.07, 6.45) is 4.04. The van der Waals surface area contributed by atoms with Gasteiger partial charge in [0.1, 0.15) is 10.8 Å².